The third-order valence-electron chi connectivity index (χ3n) is 7.46. The van der Waals surface area contributed by atoms with Gasteiger partial charge in [-0.05, 0) is 67.4 Å². The minimum atomic E-state index is -0.212. The molecule has 202 valence electrons. The highest BCUT2D eigenvalue weighted by Gasteiger charge is 2.28. The van der Waals surface area contributed by atoms with E-state index < -0.39 is 0 Å². The van der Waals surface area contributed by atoms with Gasteiger partial charge in [-0.2, -0.15) is 0 Å². The largest absolute Gasteiger partial charge is 0.353 e. The molecule has 1 N–H and O–H groups in total. The van der Waals surface area contributed by atoms with Crippen LogP contribution in [0.2, 0.25) is 10.0 Å². The van der Waals surface area contributed by atoms with E-state index in [-0.39, 0.29) is 13.2 Å². The van der Waals surface area contributed by atoms with Crippen LogP contribution in [0.5, 0.6) is 0 Å². The summed E-state index contributed by atoms with van der Waals surface area (Å²) in [4.78, 5) is 24.4. The average Bonchev–Trinajstić information content (AvgIpc) is 2.94. The summed E-state index contributed by atoms with van der Waals surface area (Å²) in [5.74, 6) is 0.334. The number of carbonyl (C=O) groups is 1. The smallest absolute Gasteiger partial charge is 0.253 e. The van der Waals surface area contributed by atoms with Crippen LogP contribution in [0, 0.1) is 5.82 Å². The van der Waals surface area contributed by atoms with Crippen molar-refractivity contribution in [3.8, 4) is 0 Å². The highest BCUT2D eigenvalue weighted by Crippen LogP contribution is 2.27. The molecule has 3 heterocycles. The van der Waals surface area contributed by atoms with Gasteiger partial charge in [0.25, 0.3) is 5.91 Å². The maximum absolute atomic E-state index is 13.2. The van der Waals surface area contributed by atoms with Crippen LogP contribution in [0.15, 0.2) is 60.8 Å². The molecule has 9 heteroatoms. The molecule has 2 aliphatic heterocycles. The molecule has 2 aromatic carbocycles. The summed E-state index contributed by atoms with van der Waals surface area (Å²) in [6.07, 6.45) is 3.88. The predicted octanol–water partition coefficient (Wildman–Crippen LogP) is 5.49. The molecule has 2 aliphatic rings. The van der Waals surface area contributed by atoms with Crippen molar-refractivity contribution in [3.63, 3.8) is 0 Å². The molecular weight excluding hydrogens is 524 g/mol. The van der Waals surface area contributed by atoms with Crippen LogP contribution in [0.25, 0.3) is 0 Å². The molecule has 0 unspecified atom stereocenters. The van der Waals surface area contributed by atoms with Crippen molar-refractivity contribution in [1.82, 2.24) is 20.1 Å². The van der Waals surface area contributed by atoms with Gasteiger partial charge in [0.15, 0.2) is 0 Å². The Bertz CT molecular complexity index is 1230. The molecule has 1 amide bonds. The summed E-state index contributed by atoms with van der Waals surface area (Å²) in [5, 5.41) is 4.06. The Hall–Kier alpha value is -2.71. The molecule has 5 rings (SSSR count). The predicted molar refractivity (Wildman–Crippen MR) is 152 cm³/mol. The number of carbonyl (C=O) groups excluding carboxylic acids is 1. The minimum Gasteiger partial charge on any atom is -0.353 e. The molecule has 0 bridgehead atoms. The SMILES string of the molecule is O=C(NCc1ccc(Cl)cc1)c1cnc(N2CCN(C3CCN(Cc4ccc(F)cc4)CC3)CC2)c(Cl)c1.[HH]. The number of hydrogen-bond acceptors (Lipinski definition) is 5. The van der Waals surface area contributed by atoms with E-state index in [4.69, 9.17) is 23.2 Å². The number of hydrogen-bond donors (Lipinski definition) is 1. The fraction of sp³-hybridized carbons (Fsp3) is 0.379. The second-order valence-electron chi connectivity index (χ2n) is 10.00. The summed E-state index contributed by atoms with van der Waals surface area (Å²) in [6, 6.07) is 16.5. The number of anilines is 1. The number of halogens is 3. The Kier molecular flexibility index (Phi) is 8.79. The highest BCUT2D eigenvalue weighted by atomic mass is 35.5. The van der Waals surface area contributed by atoms with Gasteiger partial charge < -0.3 is 10.2 Å². The minimum absolute atomic E-state index is 0. The summed E-state index contributed by atoms with van der Waals surface area (Å²) >= 11 is 12.5. The van der Waals surface area contributed by atoms with E-state index in [1.807, 2.05) is 24.3 Å². The number of nitrogens with zero attached hydrogens (tertiary/aromatic N) is 4. The molecular formula is C29H34Cl2FN5O. The summed E-state index contributed by atoms with van der Waals surface area (Å²) < 4.78 is 13.2. The van der Waals surface area contributed by atoms with E-state index in [1.54, 1.807) is 24.4 Å². The normalized spacial score (nSPS) is 17.5. The van der Waals surface area contributed by atoms with E-state index in [0.717, 1.165) is 75.6 Å². The summed E-state index contributed by atoms with van der Waals surface area (Å²) in [6.45, 7) is 7.01. The number of amides is 1. The Labute approximate surface area is 234 Å². The number of piperidine rings is 1. The Morgan fingerprint density at radius 1 is 0.947 bits per heavy atom. The summed E-state index contributed by atoms with van der Waals surface area (Å²) in [5.41, 5.74) is 2.57. The Morgan fingerprint density at radius 2 is 1.61 bits per heavy atom. The van der Waals surface area contributed by atoms with Gasteiger partial charge in [-0.3, -0.25) is 14.6 Å². The fourth-order valence-electron chi connectivity index (χ4n) is 5.26. The molecule has 2 saturated heterocycles. The lowest BCUT2D eigenvalue weighted by Crippen LogP contribution is -2.53. The standard InChI is InChI=1S/C29H32Cl2FN5O.H2/c30-24-5-1-21(2-6-24)18-34-29(38)23-17-27(31)28(33-19-23)37-15-13-36(14-16-37)26-9-11-35(12-10-26)20-22-3-7-25(32)8-4-22;/h1-8,17,19,26H,9-16,18,20H2,(H,34,38);1H. The van der Waals surface area contributed by atoms with Gasteiger partial charge >= 0.3 is 0 Å². The van der Waals surface area contributed by atoms with Gasteiger partial charge in [0.05, 0.1) is 10.6 Å². The number of likely N-dealkylation sites (tertiary alicyclic amines) is 1. The van der Waals surface area contributed by atoms with Crippen molar-refractivity contribution in [2.75, 3.05) is 44.2 Å². The van der Waals surface area contributed by atoms with Gasteiger partial charge in [0, 0.05) is 58.0 Å². The molecule has 0 atom stereocenters. The quantitative estimate of drug-likeness (QED) is 0.416. The first-order valence-electron chi connectivity index (χ1n) is 13.1. The molecule has 0 aliphatic carbocycles. The number of benzene rings is 2. The number of rotatable bonds is 7. The van der Waals surface area contributed by atoms with Crippen LogP contribution in [0.1, 0.15) is 35.8 Å². The number of pyridine rings is 1. The zero-order valence-electron chi connectivity index (χ0n) is 21.3. The van der Waals surface area contributed by atoms with Crippen molar-refractivity contribution >= 4 is 34.9 Å². The molecule has 6 nitrogen and oxygen atoms in total. The molecule has 2 fully saturated rings. The van der Waals surface area contributed by atoms with Crippen LogP contribution in [-0.2, 0) is 13.1 Å². The molecule has 0 radical (unpaired) electrons. The van der Waals surface area contributed by atoms with Gasteiger partial charge in [0.1, 0.15) is 11.6 Å². The van der Waals surface area contributed by atoms with Gasteiger partial charge in [-0.15, -0.1) is 0 Å². The lowest BCUT2D eigenvalue weighted by atomic mass is 10.0. The first-order valence-corrected chi connectivity index (χ1v) is 13.8. The molecule has 0 saturated carbocycles. The molecule has 0 spiro atoms. The third-order valence-corrected chi connectivity index (χ3v) is 7.99. The van der Waals surface area contributed by atoms with Crippen LogP contribution in [0.4, 0.5) is 10.2 Å². The zero-order chi connectivity index (χ0) is 26.5. The second kappa shape index (κ2) is 12.4. The average molecular weight is 559 g/mol. The van der Waals surface area contributed by atoms with Crippen molar-refractivity contribution in [3.05, 3.63) is 93.3 Å². The first kappa shape index (κ1) is 26.9. The number of aromatic nitrogens is 1. The van der Waals surface area contributed by atoms with E-state index in [9.17, 15) is 9.18 Å². The lowest BCUT2D eigenvalue weighted by Gasteiger charge is -2.43. The van der Waals surface area contributed by atoms with Crippen molar-refractivity contribution in [2.45, 2.75) is 32.0 Å². The van der Waals surface area contributed by atoms with Gasteiger partial charge in [-0.25, -0.2) is 9.37 Å². The molecule has 3 aromatic rings. The monoisotopic (exact) mass is 557 g/mol. The van der Waals surface area contributed by atoms with Crippen molar-refractivity contribution in [1.29, 1.82) is 0 Å². The maximum atomic E-state index is 13.2. The van der Waals surface area contributed by atoms with E-state index >= 15 is 0 Å². The Morgan fingerprint density at radius 3 is 2.26 bits per heavy atom. The number of piperazine rings is 1. The fourth-order valence-corrected chi connectivity index (χ4v) is 5.68. The van der Waals surface area contributed by atoms with E-state index in [0.29, 0.717) is 28.2 Å². The first-order chi connectivity index (χ1) is 18.4. The third kappa shape index (κ3) is 6.83. The van der Waals surface area contributed by atoms with Gasteiger partial charge in [-0.1, -0.05) is 47.5 Å². The van der Waals surface area contributed by atoms with Crippen molar-refractivity contribution in [2.24, 2.45) is 0 Å². The van der Waals surface area contributed by atoms with Crippen molar-refractivity contribution < 1.29 is 10.6 Å². The molecule has 1 aromatic heterocycles. The second-order valence-corrected chi connectivity index (χ2v) is 10.8. The van der Waals surface area contributed by atoms with Crippen LogP contribution >= 0.6 is 23.2 Å². The maximum Gasteiger partial charge on any atom is 0.253 e. The van der Waals surface area contributed by atoms with Crippen LogP contribution < -0.4 is 10.2 Å². The van der Waals surface area contributed by atoms with Crippen LogP contribution in [-0.4, -0.2) is 66.0 Å². The topological polar surface area (TPSA) is 51.7 Å². The van der Waals surface area contributed by atoms with E-state index in [2.05, 4.69) is 25.0 Å². The van der Waals surface area contributed by atoms with E-state index in [1.165, 1.54) is 12.1 Å². The number of nitrogens with one attached hydrogen (secondary N) is 1. The summed E-state index contributed by atoms with van der Waals surface area (Å²) in [7, 11) is 0. The Balaban J connectivity index is 0.00000353. The molecule has 38 heavy (non-hydrogen) atoms. The van der Waals surface area contributed by atoms with Gasteiger partial charge in [0.2, 0.25) is 0 Å². The highest BCUT2D eigenvalue weighted by molar-refractivity contribution is 6.33. The lowest BCUT2D eigenvalue weighted by molar-refractivity contribution is 0.0950. The zero-order valence-corrected chi connectivity index (χ0v) is 22.8. The van der Waals surface area contributed by atoms with Crippen LogP contribution in [0.3, 0.4) is 0 Å².